The highest BCUT2D eigenvalue weighted by molar-refractivity contribution is 4.37. The average molecular weight is 203 g/mol. The van der Waals surface area contributed by atoms with Crippen LogP contribution in [0.2, 0.25) is 0 Å². The van der Waals surface area contributed by atoms with E-state index < -0.39 is 0 Å². The quantitative estimate of drug-likeness (QED) is 0.481. The van der Waals surface area contributed by atoms with E-state index in [4.69, 9.17) is 14.2 Å². The van der Waals surface area contributed by atoms with E-state index in [1.807, 2.05) is 0 Å². The predicted octanol–water partition coefficient (Wildman–Crippen LogP) is 2.06. The molecule has 0 aliphatic rings. The normalized spacial score (nSPS) is 10.7. The van der Waals surface area contributed by atoms with Crippen molar-refractivity contribution in [2.75, 3.05) is 39.6 Å². The van der Waals surface area contributed by atoms with Crippen molar-refractivity contribution in [2.24, 2.45) is 0 Å². The summed E-state index contributed by atoms with van der Waals surface area (Å²) in [6, 6.07) is 0. The van der Waals surface area contributed by atoms with Crippen LogP contribution in [0.5, 0.6) is 0 Å². The third-order valence-corrected chi connectivity index (χ3v) is 1.78. The first-order valence-electron chi connectivity index (χ1n) is 5.44. The van der Waals surface area contributed by atoms with E-state index in [9.17, 15) is 0 Å². The average Bonchev–Trinajstić information content (AvgIpc) is 2.21. The first kappa shape index (κ1) is 13.9. The van der Waals surface area contributed by atoms with E-state index in [-0.39, 0.29) is 0 Å². The van der Waals surface area contributed by atoms with E-state index in [1.165, 1.54) is 12.8 Å². The molecule has 0 rings (SSSR count). The molecule has 0 aromatic rings. The van der Waals surface area contributed by atoms with E-state index >= 15 is 0 Å². The van der Waals surface area contributed by atoms with Crippen molar-refractivity contribution in [3.05, 3.63) is 6.92 Å². The highest BCUT2D eigenvalue weighted by Gasteiger charge is 1.90. The largest absolute Gasteiger partial charge is 0.379 e. The standard InChI is InChI=1S/C11H23O3/c1-3-5-6-7-13-10-11-14-9-8-12-4-2/h2-11H2,1H3. The summed E-state index contributed by atoms with van der Waals surface area (Å²) in [7, 11) is 0. The highest BCUT2D eigenvalue weighted by Crippen LogP contribution is 1.93. The van der Waals surface area contributed by atoms with Gasteiger partial charge < -0.3 is 14.2 Å². The van der Waals surface area contributed by atoms with Crippen molar-refractivity contribution in [2.45, 2.75) is 26.2 Å². The third-order valence-electron chi connectivity index (χ3n) is 1.78. The molecule has 0 aliphatic carbocycles. The minimum absolute atomic E-state index is 0.511. The summed E-state index contributed by atoms with van der Waals surface area (Å²) in [5, 5.41) is 0. The van der Waals surface area contributed by atoms with Gasteiger partial charge in [0.1, 0.15) is 0 Å². The Morgan fingerprint density at radius 3 is 1.93 bits per heavy atom. The van der Waals surface area contributed by atoms with E-state index in [2.05, 4.69) is 13.8 Å². The molecule has 1 radical (unpaired) electrons. The van der Waals surface area contributed by atoms with Gasteiger partial charge in [-0.1, -0.05) is 19.8 Å². The monoisotopic (exact) mass is 203 g/mol. The molecule has 0 N–H and O–H groups in total. The molecule has 3 heteroatoms. The molecule has 0 aromatic heterocycles. The van der Waals surface area contributed by atoms with Crippen LogP contribution < -0.4 is 0 Å². The second-order valence-electron chi connectivity index (χ2n) is 3.04. The maximum atomic E-state index is 5.36. The fraction of sp³-hybridized carbons (Fsp3) is 0.909. The molecule has 0 saturated carbocycles. The lowest BCUT2D eigenvalue weighted by Crippen LogP contribution is -2.09. The van der Waals surface area contributed by atoms with Gasteiger partial charge in [0.05, 0.1) is 26.4 Å². The molecule has 85 valence electrons. The number of unbranched alkanes of at least 4 members (excludes halogenated alkanes) is 2. The van der Waals surface area contributed by atoms with Gasteiger partial charge in [0, 0.05) is 13.2 Å². The second-order valence-corrected chi connectivity index (χ2v) is 3.04. The van der Waals surface area contributed by atoms with Gasteiger partial charge in [-0.15, -0.1) is 0 Å². The van der Waals surface area contributed by atoms with Gasteiger partial charge in [-0.2, -0.15) is 0 Å². The number of hydrogen-bond acceptors (Lipinski definition) is 3. The maximum absolute atomic E-state index is 5.36. The summed E-state index contributed by atoms with van der Waals surface area (Å²) in [4.78, 5) is 0. The van der Waals surface area contributed by atoms with Crippen molar-refractivity contribution in [3.8, 4) is 0 Å². The number of ether oxygens (including phenoxy) is 3. The Bertz CT molecular complexity index is 84.5. The Labute approximate surface area is 87.7 Å². The molecule has 0 aromatic carbocycles. The molecule has 0 saturated heterocycles. The van der Waals surface area contributed by atoms with Gasteiger partial charge >= 0.3 is 0 Å². The summed E-state index contributed by atoms with van der Waals surface area (Å²) < 4.78 is 15.6. The Morgan fingerprint density at radius 2 is 1.36 bits per heavy atom. The van der Waals surface area contributed by atoms with E-state index in [0.717, 1.165) is 13.0 Å². The highest BCUT2D eigenvalue weighted by atomic mass is 16.5. The van der Waals surface area contributed by atoms with Crippen molar-refractivity contribution in [1.29, 1.82) is 0 Å². The zero-order chi connectivity index (χ0) is 10.5. The summed E-state index contributed by atoms with van der Waals surface area (Å²) in [5.74, 6) is 0. The molecule has 0 fully saturated rings. The van der Waals surface area contributed by atoms with E-state index in [0.29, 0.717) is 33.0 Å². The minimum Gasteiger partial charge on any atom is -0.379 e. The van der Waals surface area contributed by atoms with Crippen LogP contribution in [0.3, 0.4) is 0 Å². The van der Waals surface area contributed by atoms with Crippen molar-refractivity contribution >= 4 is 0 Å². The summed E-state index contributed by atoms with van der Waals surface area (Å²) in [6.07, 6.45) is 3.64. The van der Waals surface area contributed by atoms with Crippen LogP contribution in [-0.4, -0.2) is 39.6 Å². The minimum atomic E-state index is 0.511. The zero-order valence-electron chi connectivity index (χ0n) is 9.30. The molecule has 0 unspecified atom stereocenters. The summed E-state index contributed by atoms with van der Waals surface area (Å²) in [6.45, 7) is 9.71. The van der Waals surface area contributed by atoms with Crippen LogP contribution in [0, 0.1) is 6.92 Å². The van der Waals surface area contributed by atoms with Gasteiger partial charge in [0.15, 0.2) is 0 Å². The molecule has 3 nitrogen and oxygen atoms in total. The molecular formula is C11H23O3. The van der Waals surface area contributed by atoms with Gasteiger partial charge in [0.2, 0.25) is 0 Å². The van der Waals surface area contributed by atoms with E-state index in [1.54, 1.807) is 0 Å². The fourth-order valence-corrected chi connectivity index (χ4v) is 0.996. The lowest BCUT2D eigenvalue weighted by atomic mass is 10.3. The molecular weight excluding hydrogens is 180 g/mol. The number of hydrogen-bond donors (Lipinski definition) is 0. The van der Waals surface area contributed by atoms with Crippen LogP contribution in [0.25, 0.3) is 0 Å². The Morgan fingerprint density at radius 1 is 0.786 bits per heavy atom. The summed E-state index contributed by atoms with van der Waals surface area (Å²) >= 11 is 0. The molecule has 0 heterocycles. The van der Waals surface area contributed by atoms with Crippen LogP contribution in [-0.2, 0) is 14.2 Å². The van der Waals surface area contributed by atoms with Gasteiger partial charge in [-0.25, -0.2) is 0 Å². The maximum Gasteiger partial charge on any atom is 0.0701 e. The molecule has 0 aliphatic heterocycles. The molecule has 0 amide bonds. The van der Waals surface area contributed by atoms with Crippen molar-refractivity contribution < 1.29 is 14.2 Å². The van der Waals surface area contributed by atoms with Crippen LogP contribution in [0.4, 0.5) is 0 Å². The van der Waals surface area contributed by atoms with Crippen LogP contribution >= 0.6 is 0 Å². The van der Waals surface area contributed by atoms with Gasteiger partial charge in [-0.3, -0.25) is 0 Å². The SMILES string of the molecule is [CH2]COCCOCCOCCCCC. The fourth-order valence-electron chi connectivity index (χ4n) is 0.996. The first-order chi connectivity index (χ1) is 6.91. The zero-order valence-corrected chi connectivity index (χ0v) is 9.30. The Kier molecular flexibility index (Phi) is 12.8. The smallest absolute Gasteiger partial charge is 0.0701 e. The molecule has 0 spiro atoms. The lowest BCUT2D eigenvalue weighted by molar-refractivity contribution is 0.0186. The Balaban J connectivity index is 2.78. The molecule has 14 heavy (non-hydrogen) atoms. The van der Waals surface area contributed by atoms with Crippen LogP contribution in [0.15, 0.2) is 0 Å². The predicted molar refractivity (Wildman–Crippen MR) is 57.3 cm³/mol. The molecule has 0 atom stereocenters. The number of rotatable bonds is 11. The third kappa shape index (κ3) is 11.9. The first-order valence-corrected chi connectivity index (χ1v) is 5.44. The lowest BCUT2D eigenvalue weighted by Gasteiger charge is -2.05. The van der Waals surface area contributed by atoms with Crippen molar-refractivity contribution in [1.82, 2.24) is 0 Å². The van der Waals surface area contributed by atoms with Crippen molar-refractivity contribution in [3.63, 3.8) is 0 Å². The van der Waals surface area contributed by atoms with Gasteiger partial charge in [-0.05, 0) is 13.3 Å². The summed E-state index contributed by atoms with van der Waals surface area (Å²) in [5.41, 5.74) is 0. The second kappa shape index (κ2) is 12.9. The topological polar surface area (TPSA) is 27.7 Å². The van der Waals surface area contributed by atoms with Gasteiger partial charge in [0.25, 0.3) is 0 Å². The Hall–Kier alpha value is -0.120. The molecule has 0 bridgehead atoms. The van der Waals surface area contributed by atoms with Crippen LogP contribution in [0.1, 0.15) is 26.2 Å².